The third kappa shape index (κ3) is 4.39. The van der Waals surface area contributed by atoms with Crippen molar-refractivity contribution in [2.75, 3.05) is 5.43 Å². The molecule has 0 radical (unpaired) electrons. The van der Waals surface area contributed by atoms with Gasteiger partial charge in [-0.15, -0.1) is 0 Å². The maximum absolute atomic E-state index is 4.63. The molecule has 0 spiro atoms. The highest BCUT2D eigenvalue weighted by Gasteiger charge is 2.14. The Balaban J connectivity index is 1.89. The van der Waals surface area contributed by atoms with Crippen LogP contribution in [0.1, 0.15) is 74.6 Å². The first-order valence-electron chi connectivity index (χ1n) is 9.84. The molecule has 1 N–H and O–H groups in total. The van der Waals surface area contributed by atoms with Crippen LogP contribution in [0.15, 0.2) is 71.4 Å². The first-order chi connectivity index (χ1) is 13.0. The summed E-state index contributed by atoms with van der Waals surface area (Å²) in [7, 11) is 0. The molecule has 0 fully saturated rings. The van der Waals surface area contributed by atoms with Gasteiger partial charge < -0.3 is 0 Å². The monoisotopic (exact) mass is 358 g/mol. The van der Waals surface area contributed by atoms with Crippen LogP contribution in [0, 0.1) is 0 Å². The molecule has 2 heteroatoms. The molecule has 0 bridgehead atoms. The minimum atomic E-state index is 0.335. The first-order valence-corrected chi connectivity index (χ1v) is 9.84. The van der Waals surface area contributed by atoms with E-state index in [0.29, 0.717) is 17.8 Å². The SMILES string of the molecule is CC1=CC(c2ccccc2C=NNc2c(C(C)C)cccc2C(C)C)C=C1. The standard InChI is InChI=1S/C25H30N2/c1-17(2)22-11-8-12-23(18(3)4)25(22)27-26-16-21-9-6-7-10-24(21)20-14-13-19(5)15-20/h6-18,20,27H,1-5H3. The Kier molecular flexibility index (Phi) is 5.95. The van der Waals surface area contributed by atoms with E-state index in [1.807, 2.05) is 6.21 Å². The van der Waals surface area contributed by atoms with Crippen LogP contribution in [0.5, 0.6) is 0 Å². The van der Waals surface area contributed by atoms with Crippen molar-refractivity contribution in [2.45, 2.75) is 52.4 Å². The molecular formula is C25H30N2. The van der Waals surface area contributed by atoms with Crippen LogP contribution >= 0.6 is 0 Å². The molecular weight excluding hydrogens is 328 g/mol. The largest absolute Gasteiger partial charge is 0.278 e. The minimum absolute atomic E-state index is 0.335. The predicted octanol–water partition coefficient (Wildman–Crippen LogP) is 6.98. The molecule has 0 amide bonds. The van der Waals surface area contributed by atoms with Crippen molar-refractivity contribution >= 4 is 11.9 Å². The molecule has 2 aromatic carbocycles. The second-order valence-corrected chi connectivity index (χ2v) is 7.92. The highest BCUT2D eigenvalue weighted by Crippen LogP contribution is 2.32. The normalized spacial score (nSPS) is 16.6. The number of nitrogens with zero attached hydrogens (tertiary/aromatic N) is 1. The lowest BCUT2D eigenvalue weighted by Crippen LogP contribution is -2.04. The van der Waals surface area contributed by atoms with E-state index in [1.165, 1.54) is 22.3 Å². The Hall–Kier alpha value is -2.61. The summed E-state index contributed by atoms with van der Waals surface area (Å²) in [6.45, 7) is 11.1. The van der Waals surface area contributed by atoms with Crippen molar-refractivity contribution in [1.82, 2.24) is 0 Å². The summed E-state index contributed by atoms with van der Waals surface area (Å²) in [5.74, 6) is 1.23. The van der Waals surface area contributed by atoms with Crippen LogP contribution in [0.25, 0.3) is 0 Å². The summed E-state index contributed by atoms with van der Waals surface area (Å²) in [6.07, 6.45) is 8.68. The second-order valence-electron chi connectivity index (χ2n) is 7.92. The van der Waals surface area contributed by atoms with Gasteiger partial charge in [-0.2, -0.15) is 5.10 Å². The lowest BCUT2D eigenvalue weighted by molar-refractivity contribution is 0.835. The van der Waals surface area contributed by atoms with Gasteiger partial charge in [0, 0.05) is 5.92 Å². The van der Waals surface area contributed by atoms with E-state index < -0.39 is 0 Å². The van der Waals surface area contributed by atoms with E-state index in [1.54, 1.807) is 0 Å². The van der Waals surface area contributed by atoms with E-state index in [0.717, 1.165) is 11.3 Å². The predicted molar refractivity (Wildman–Crippen MR) is 118 cm³/mol. The van der Waals surface area contributed by atoms with Gasteiger partial charge in [0.2, 0.25) is 0 Å². The molecule has 0 heterocycles. The van der Waals surface area contributed by atoms with Crippen LogP contribution in [0.2, 0.25) is 0 Å². The molecule has 0 saturated heterocycles. The second kappa shape index (κ2) is 8.39. The van der Waals surface area contributed by atoms with Gasteiger partial charge in [0.1, 0.15) is 0 Å². The lowest BCUT2D eigenvalue weighted by Gasteiger charge is -2.18. The van der Waals surface area contributed by atoms with Crippen molar-refractivity contribution in [3.05, 3.63) is 88.5 Å². The summed E-state index contributed by atoms with van der Waals surface area (Å²) in [4.78, 5) is 0. The third-order valence-corrected chi connectivity index (χ3v) is 5.12. The Bertz CT molecular complexity index is 859. The summed E-state index contributed by atoms with van der Waals surface area (Å²) in [6, 6.07) is 15.0. The zero-order chi connectivity index (χ0) is 19.4. The Morgan fingerprint density at radius 3 is 2.19 bits per heavy atom. The summed E-state index contributed by atoms with van der Waals surface area (Å²) in [5, 5.41) is 4.63. The molecule has 1 unspecified atom stereocenters. The number of hydrogen-bond donors (Lipinski definition) is 1. The topological polar surface area (TPSA) is 24.4 Å². The number of para-hydroxylation sites is 1. The van der Waals surface area contributed by atoms with Gasteiger partial charge in [0.15, 0.2) is 0 Å². The highest BCUT2D eigenvalue weighted by molar-refractivity contribution is 5.83. The molecule has 27 heavy (non-hydrogen) atoms. The van der Waals surface area contributed by atoms with E-state index in [2.05, 4.69) is 106 Å². The quantitative estimate of drug-likeness (QED) is 0.437. The molecule has 3 rings (SSSR count). The Labute approximate surface area is 163 Å². The molecule has 2 aromatic rings. The number of hydrazone groups is 1. The van der Waals surface area contributed by atoms with Gasteiger partial charge in [-0.05, 0) is 41.0 Å². The van der Waals surface area contributed by atoms with Crippen LogP contribution in [-0.4, -0.2) is 6.21 Å². The van der Waals surface area contributed by atoms with Gasteiger partial charge >= 0.3 is 0 Å². The fourth-order valence-corrected chi connectivity index (χ4v) is 3.62. The van der Waals surface area contributed by atoms with Crippen LogP contribution in [0.3, 0.4) is 0 Å². The van der Waals surface area contributed by atoms with E-state index in [-0.39, 0.29) is 0 Å². The number of nitrogens with one attached hydrogen (secondary N) is 1. The molecule has 1 atom stereocenters. The number of allylic oxidation sites excluding steroid dienone is 4. The van der Waals surface area contributed by atoms with Crippen LogP contribution in [0.4, 0.5) is 5.69 Å². The van der Waals surface area contributed by atoms with Crippen molar-refractivity contribution in [3.63, 3.8) is 0 Å². The van der Waals surface area contributed by atoms with Crippen molar-refractivity contribution < 1.29 is 0 Å². The zero-order valence-electron chi connectivity index (χ0n) is 17.0. The maximum Gasteiger partial charge on any atom is 0.0630 e. The van der Waals surface area contributed by atoms with Gasteiger partial charge in [-0.25, -0.2) is 0 Å². The van der Waals surface area contributed by atoms with Gasteiger partial charge in [0.05, 0.1) is 11.9 Å². The number of hydrogen-bond acceptors (Lipinski definition) is 2. The average Bonchev–Trinajstić information content (AvgIpc) is 3.08. The van der Waals surface area contributed by atoms with Gasteiger partial charge in [-0.1, -0.05) is 94.0 Å². The number of rotatable bonds is 6. The fraction of sp³-hybridized carbons (Fsp3) is 0.320. The number of anilines is 1. The van der Waals surface area contributed by atoms with Crippen molar-refractivity contribution in [2.24, 2.45) is 5.10 Å². The van der Waals surface area contributed by atoms with Gasteiger partial charge in [0.25, 0.3) is 0 Å². The fourth-order valence-electron chi connectivity index (χ4n) is 3.62. The van der Waals surface area contributed by atoms with Crippen LogP contribution < -0.4 is 5.43 Å². The molecule has 1 aliphatic rings. The number of benzene rings is 2. The minimum Gasteiger partial charge on any atom is -0.278 e. The van der Waals surface area contributed by atoms with Gasteiger partial charge in [-0.3, -0.25) is 5.43 Å². The summed E-state index contributed by atoms with van der Waals surface area (Å²) in [5.41, 5.74) is 10.9. The smallest absolute Gasteiger partial charge is 0.0630 e. The molecule has 1 aliphatic carbocycles. The maximum atomic E-state index is 4.63. The Morgan fingerprint density at radius 1 is 0.926 bits per heavy atom. The lowest BCUT2D eigenvalue weighted by atomic mass is 9.93. The first kappa shape index (κ1) is 19.2. The molecule has 2 nitrogen and oxygen atoms in total. The third-order valence-electron chi connectivity index (χ3n) is 5.12. The zero-order valence-corrected chi connectivity index (χ0v) is 17.0. The van der Waals surface area contributed by atoms with Crippen molar-refractivity contribution in [3.8, 4) is 0 Å². The molecule has 0 aromatic heterocycles. The molecule has 0 saturated carbocycles. The van der Waals surface area contributed by atoms with E-state index in [9.17, 15) is 0 Å². The average molecular weight is 359 g/mol. The molecule has 140 valence electrons. The molecule has 0 aliphatic heterocycles. The Morgan fingerprint density at radius 2 is 1.59 bits per heavy atom. The summed E-state index contributed by atoms with van der Waals surface area (Å²) >= 11 is 0. The van der Waals surface area contributed by atoms with Crippen molar-refractivity contribution in [1.29, 1.82) is 0 Å². The highest BCUT2D eigenvalue weighted by atomic mass is 15.3. The van der Waals surface area contributed by atoms with Crippen LogP contribution in [-0.2, 0) is 0 Å². The van der Waals surface area contributed by atoms with E-state index in [4.69, 9.17) is 0 Å². The van der Waals surface area contributed by atoms with E-state index >= 15 is 0 Å². The summed E-state index contributed by atoms with van der Waals surface area (Å²) < 4.78 is 0.